The molecule has 0 aromatic heterocycles. The van der Waals surface area contributed by atoms with Crippen molar-refractivity contribution in [2.45, 2.75) is 6.10 Å². The number of halogens is 1. The van der Waals surface area contributed by atoms with Crippen molar-refractivity contribution in [3.8, 4) is 0 Å². The lowest BCUT2D eigenvalue weighted by molar-refractivity contribution is -0.124. The van der Waals surface area contributed by atoms with E-state index in [9.17, 15) is 9.90 Å². The van der Waals surface area contributed by atoms with Gasteiger partial charge in [0.2, 0.25) is 0 Å². The van der Waals surface area contributed by atoms with E-state index in [0.29, 0.717) is 16.3 Å². The first-order chi connectivity index (χ1) is 8.68. The predicted molar refractivity (Wildman–Crippen MR) is 71.5 cm³/mol. The highest BCUT2D eigenvalue weighted by Gasteiger charge is 2.17. The van der Waals surface area contributed by atoms with Gasteiger partial charge in [-0.05, 0) is 17.7 Å². The molecule has 0 bridgehead atoms. The van der Waals surface area contributed by atoms with Gasteiger partial charge in [0.05, 0.1) is 10.7 Å². The highest BCUT2D eigenvalue weighted by molar-refractivity contribution is 6.33. The van der Waals surface area contributed by atoms with Crippen molar-refractivity contribution in [3.05, 3.63) is 65.2 Å². The molecule has 2 aromatic carbocycles. The molecule has 0 spiro atoms. The number of aliphatic hydroxyl groups excluding tert-OH is 1. The molecule has 92 valence electrons. The second kappa shape index (κ2) is 5.67. The summed E-state index contributed by atoms with van der Waals surface area (Å²) >= 11 is 5.92. The van der Waals surface area contributed by atoms with Gasteiger partial charge >= 0.3 is 0 Å². The van der Waals surface area contributed by atoms with Crippen LogP contribution in [0.4, 0.5) is 5.69 Å². The lowest BCUT2D eigenvalue weighted by atomic mass is 10.1. The molecule has 0 fully saturated rings. The topological polar surface area (TPSA) is 49.3 Å². The van der Waals surface area contributed by atoms with Crippen molar-refractivity contribution in [1.29, 1.82) is 0 Å². The first kappa shape index (κ1) is 12.6. The van der Waals surface area contributed by atoms with E-state index in [4.69, 9.17) is 11.6 Å². The molecule has 3 nitrogen and oxygen atoms in total. The van der Waals surface area contributed by atoms with Crippen molar-refractivity contribution in [1.82, 2.24) is 0 Å². The zero-order valence-electron chi connectivity index (χ0n) is 9.51. The smallest absolute Gasteiger partial charge is 0.257 e. The van der Waals surface area contributed by atoms with Gasteiger partial charge in [-0.25, -0.2) is 0 Å². The summed E-state index contributed by atoms with van der Waals surface area (Å²) in [6.07, 6.45) is -1.21. The zero-order valence-corrected chi connectivity index (χ0v) is 10.3. The molecule has 4 heteroatoms. The molecule has 0 saturated heterocycles. The first-order valence-electron chi connectivity index (χ1n) is 5.47. The molecule has 0 aliphatic carbocycles. The maximum atomic E-state index is 11.8. The third kappa shape index (κ3) is 2.88. The van der Waals surface area contributed by atoms with E-state index in [-0.39, 0.29) is 0 Å². The van der Waals surface area contributed by atoms with Gasteiger partial charge in [-0.15, -0.1) is 0 Å². The number of aliphatic hydroxyl groups is 1. The number of nitrogens with one attached hydrogen (secondary N) is 1. The molecule has 0 aliphatic heterocycles. The molecule has 0 aliphatic rings. The average Bonchev–Trinajstić information content (AvgIpc) is 2.41. The van der Waals surface area contributed by atoms with Gasteiger partial charge in [0.25, 0.3) is 5.91 Å². The molecule has 2 N–H and O–H groups in total. The number of hydrogen-bond donors (Lipinski definition) is 2. The maximum absolute atomic E-state index is 11.8. The van der Waals surface area contributed by atoms with Gasteiger partial charge in [-0.3, -0.25) is 4.79 Å². The van der Waals surface area contributed by atoms with Crippen LogP contribution in [0.15, 0.2) is 54.6 Å². The molecule has 0 heterocycles. The van der Waals surface area contributed by atoms with Crippen LogP contribution in [0.3, 0.4) is 0 Å². The SMILES string of the molecule is O=C(Nc1ccccc1Cl)[C@@H](O)c1ccccc1. The van der Waals surface area contributed by atoms with Crippen LogP contribution < -0.4 is 5.32 Å². The Labute approximate surface area is 110 Å². The highest BCUT2D eigenvalue weighted by atomic mass is 35.5. The monoisotopic (exact) mass is 261 g/mol. The molecular formula is C14H12ClNO2. The Balaban J connectivity index is 2.12. The first-order valence-corrected chi connectivity index (χ1v) is 5.84. The third-order valence-electron chi connectivity index (χ3n) is 2.50. The van der Waals surface area contributed by atoms with E-state index in [1.54, 1.807) is 48.5 Å². The number of anilines is 1. The van der Waals surface area contributed by atoms with Gasteiger partial charge in [0.1, 0.15) is 0 Å². The fourth-order valence-electron chi connectivity index (χ4n) is 1.55. The number of para-hydroxylation sites is 1. The maximum Gasteiger partial charge on any atom is 0.257 e. The number of hydrogen-bond acceptors (Lipinski definition) is 2. The van der Waals surface area contributed by atoms with Crippen LogP contribution in [0, 0.1) is 0 Å². The van der Waals surface area contributed by atoms with Crippen LogP contribution >= 0.6 is 11.6 Å². The van der Waals surface area contributed by atoms with E-state index in [1.807, 2.05) is 6.07 Å². The number of carbonyl (C=O) groups excluding carboxylic acids is 1. The second-order valence-electron chi connectivity index (χ2n) is 3.78. The summed E-state index contributed by atoms with van der Waals surface area (Å²) in [5.74, 6) is -0.505. The minimum Gasteiger partial charge on any atom is -0.378 e. The van der Waals surface area contributed by atoms with Gasteiger partial charge in [-0.2, -0.15) is 0 Å². The molecule has 18 heavy (non-hydrogen) atoms. The van der Waals surface area contributed by atoms with Crippen LogP contribution in [0.2, 0.25) is 5.02 Å². The Morgan fingerprint density at radius 1 is 1.06 bits per heavy atom. The molecule has 0 saturated carbocycles. The standard InChI is InChI=1S/C14H12ClNO2/c15-11-8-4-5-9-12(11)16-14(18)13(17)10-6-2-1-3-7-10/h1-9,13,17H,(H,16,18)/t13-/m0/s1. The number of rotatable bonds is 3. The zero-order chi connectivity index (χ0) is 13.0. The number of amides is 1. The third-order valence-corrected chi connectivity index (χ3v) is 2.82. The van der Waals surface area contributed by atoms with Gasteiger partial charge in [0, 0.05) is 0 Å². The average molecular weight is 262 g/mol. The predicted octanol–water partition coefficient (Wildman–Crippen LogP) is 3.01. The normalized spacial score (nSPS) is 11.9. The van der Waals surface area contributed by atoms with Crippen LogP contribution in [0.25, 0.3) is 0 Å². The van der Waals surface area contributed by atoms with Crippen LogP contribution in [0.1, 0.15) is 11.7 Å². The van der Waals surface area contributed by atoms with Crippen LogP contribution in [-0.2, 0) is 4.79 Å². The minimum absolute atomic E-state index is 0.436. The fourth-order valence-corrected chi connectivity index (χ4v) is 1.73. The fraction of sp³-hybridized carbons (Fsp3) is 0.0714. The van der Waals surface area contributed by atoms with Gasteiger partial charge in [0.15, 0.2) is 6.10 Å². The summed E-state index contributed by atoms with van der Waals surface area (Å²) in [7, 11) is 0. The molecule has 0 unspecified atom stereocenters. The Hall–Kier alpha value is -1.84. The van der Waals surface area contributed by atoms with E-state index < -0.39 is 12.0 Å². The van der Waals surface area contributed by atoms with E-state index in [0.717, 1.165) is 0 Å². The van der Waals surface area contributed by atoms with Crippen LogP contribution in [-0.4, -0.2) is 11.0 Å². The van der Waals surface area contributed by atoms with Crippen molar-refractivity contribution in [2.75, 3.05) is 5.32 Å². The van der Waals surface area contributed by atoms with Crippen molar-refractivity contribution < 1.29 is 9.90 Å². The highest BCUT2D eigenvalue weighted by Crippen LogP contribution is 2.22. The largest absolute Gasteiger partial charge is 0.378 e. The summed E-state index contributed by atoms with van der Waals surface area (Å²) in [5.41, 5.74) is 1.03. The van der Waals surface area contributed by atoms with E-state index in [1.165, 1.54) is 0 Å². The van der Waals surface area contributed by atoms with Crippen LogP contribution in [0.5, 0.6) is 0 Å². The van der Waals surface area contributed by atoms with Crippen molar-refractivity contribution in [2.24, 2.45) is 0 Å². The Kier molecular flexibility index (Phi) is 3.97. The number of carbonyl (C=O) groups is 1. The second-order valence-corrected chi connectivity index (χ2v) is 4.19. The van der Waals surface area contributed by atoms with Crippen molar-refractivity contribution >= 4 is 23.2 Å². The molecule has 1 amide bonds. The Morgan fingerprint density at radius 2 is 1.67 bits per heavy atom. The summed E-state index contributed by atoms with van der Waals surface area (Å²) in [4.78, 5) is 11.8. The molecule has 1 atom stereocenters. The summed E-state index contributed by atoms with van der Waals surface area (Å²) in [6, 6.07) is 15.6. The van der Waals surface area contributed by atoms with E-state index in [2.05, 4.69) is 5.32 Å². The Morgan fingerprint density at radius 3 is 2.33 bits per heavy atom. The number of benzene rings is 2. The Bertz CT molecular complexity index is 543. The quantitative estimate of drug-likeness (QED) is 0.892. The summed E-state index contributed by atoms with van der Waals surface area (Å²) < 4.78 is 0. The molecule has 2 rings (SSSR count). The van der Waals surface area contributed by atoms with Gasteiger partial charge in [-0.1, -0.05) is 54.1 Å². The minimum atomic E-state index is -1.21. The summed E-state index contributed by atoms with van der Waals surface area (Å²) in [6.45, 7) is 0. The van der Waals surface area contributed by atoms with Crippen molar-refractivity contribution in [3.63, 3.8) is 0 Å². The van der Waals surface area contributed by atoms with E-state index >= 15 is 0 Å². The lowest BCUT2D eigenvalue weighted by Gasteiger charge is -2.12. The molecule has 0 radical (unpaired) electrons. The van der Waals surface area contributed by atoms with Gasteiger partial charge < -0.3 is 10.4 Å². The molecule has 2 aromatic rings. The summed E-state index contributed by atoms with van der Waals surface area (Å²) in [5, 5.41) is 12.9. The lowest BCUT2D eigenvalue weighted by Crippen LogP contribution is -2.20. The molecular weight excluding hydrogens is 250 g/mol.